The maximum atomic E-state index is 10.7. The van der Waals surface area contributed by atoms with Crippen LogP contribution >= 0.6 is 0 Å². The van der Waals surface area contributed by atoms with Gasteiger partial charge in [-0.15, -0.1) is 0 Å². The fourth-order valence-electron chi connectivity index (χ4n) is 1.30. The molecule has 0 amide bonds. The molecule has 0 saturated carbocycles. The SMILES string of the molecule is C=CC(=O)OCCOCCOCCOCC(C)OCC(C)O. The average molecular weight is 320 g/mol. The van der Waals surface area contributed by atoms with Gasteiger partial charge in [0.25, 0.3) is 0 Å². The van der Waals surface area contributed by atoms with Crippen molar-refractivity contribution in [1.82, 2.24) is 0 Å². The molecule has 0 saturated heterocycles. The Morgan fingerprint density at radius 3 is 2.09 bits per heavy atom. The van der Waals surface area contributed by atoms with Gasteiger partial charge in [0.1, 0.15) is 6.61 Å². The molecule has 130 valence electrons. The quantitative estimate of drug-likeness (QED) is 0.268. The summed E-state index contributed by atoms with van der Waals surface area (Å²) in [5.74, 6) is -0.455. The molecule has 0 aliphatic rings. The summed E-state index contributed by atoms with van der Waals surface area (Å²) >= 11 is 0. The highest BCUT2D eigenvalue weighted by molar-refractivity contribution is 5.81. The van der Waals surface area contributed by atoms with Gasteiger partial charge in [0.15, 0.2) is 0 Å². The van der Waals surface area contributed by atoms with Gasteiger partial charge in [-0.25, -0.2) is 4.79 Å². The topological polar surface area (TPSA) is 83.5 Å². The van der Waals surface area contributed by atoms with Crippen LogP contribution < -0.4 is 0 Å². The number of esters is 1. The summed E-state index contributed by atoms with van der Waals surface area (Å²) in [6.07, 6.45) is 0.585. The van der Waals surface area contributed by atoms with Gasteiger partial charge >= 0.3 is 5.97 Å². The van der Waals surface area contributed by atoms with Gasteiger partial charge in [-0.05, 0) is 13.8 Å². The summed E-state index contributed by atoms with van der Waals surface area (Å²) in [7, 11) is 0. The number of carbonyl (C=O) groups excluding carboxylic acids is 1. The summed E-state index contributed by atoms with van der Waals surface area (Å²) in [5, 5.41) is 9.06. The highest BCUT2D eigenvalue weighted by atomic mass is 16.6. The Kier molecular flexibility index (Phi) is 14.3. The molecule has 7 nitrogen and oxygen atoms in total. The summed E-state index contributed by atoms with van der Waals surface area (Å²) in [6.45, 7) is 9.97. The lowest BCUT2D eigenvalue weighted by molar-refractivity contribution is -0.139. The minimum absolute atomic E-state index is 0.0591. The zero-order valence-corrected chi connectivity index (χ0v) is 13.5. The van der Waals surface area contributed by atoms with Crippen LogP contribution in [0.25, 0.3) is 0 Å². The van der Waals surface area contributed by atoms with Gasteiger partial charge in [-0.3, -0.25) is 0 Å². The van der Waals surface area contributed by atoms with Gasteiger partial charge in [-0.1, -0.05) is 6.58 Å². The number of rotatable bonds is 15. The van der Waals surface area contributed by atoms with Crippen molar-refractivity contribution in [1.29, 1.82) is 0 Å². The molecule has 2 unspecified atom stereocenters. The van der Waals surface area contributed by atoms with Crippen LogP contribution in [0.4, 0.5) is 0 Å². The molecule has 0 aliphatic heterocycles. The van der Waals surface area contributed by atoms with Crippen LogP contribution in [0.1, 0.15) is 13.8 Å². The van der Waals surface area contributed by atoms with E-state index >= 15 is 0 Å². The van der Waals surface area contributed by atoms with Crippen molar-refractivity contribution in [2.45, 2.75) is 26.1 Å². The minimum Gasteiger partial charge on any atom is -0.460 e. The number of hydrogen-bond acceptors (Lipinski definition) is 7. The third kappa shape index (κ3) is 15.4. The van der Waals surface area contributed by atoms with Crippen LogP contribution in [-0.2, 0) is 28.5 Å². The molecule has 0 bridgehead atoms. The molecule has 0 heterocycles. The summed E-state index contributed by atoms with van der Waals surface area (Å²) in [4.78, 5) is 10.7. The zero-order valence-electron chi connectivity index (χ0n) is 13.5. The lowest BCUT2D eigenvalue weighted by Gasteiger charge is -2.14. The largest absolute Gasteiger partial charge is 0.460 e. The van der Waals surface area contributed by atoms with E-state index in [1.165, 1.54) is 0 Å². The van der Waals surface area contributed by atoms with E-state index in [4.69, 9.17) is 28.8 Å². The monoisotopic (exact) mass is 320 g/mol. The molecule has 0 rings (SSSR count). The first-order valence-electron chi connectivity index (χ1n) is 7.38. The number of carbonyl (C=O) groups is 1. The molecule has 0 fully saturated rings. The van der Waals surface area contributed by atoms with Crippen LogP contribution in [0.3, 0.4) is 0 Å². The second-order valence-electron chi connectivity index (χ2n) is 4.66. The number of aliphatic hydroxyl groups is 1. The van der Waals surface area contributed by atoms with E-state index in [1.807, 2.05) is 6.92 Å². The number of hydrogen-bond donors (Lipinski definition) is 1. The van der Waals surface area contributed by atoms with Gasteiger partial charge < -0.3 is 28.8 Å². The third-order valence-electron chi connectivity index (χ3n) is 2.36. The van der Waals surface area contributed by atoms with Gasteiger partial charge in [0, 0.05) is 6.08 Å². The van der Waals surface area contributed by atoms with Crippen molar-refractivity contribution >= 4 is 5.97 Å². The fourth-order valence-corrected chi connectivity index (χ4v) is 1.30. The maximum absolute atomic E-state index is 10.7. The highest BCUT2D eigenvalue weighted by Crippen LogP contribution is 1.94. The summed E-state index contributed by atoms with van der Waals surface area (Å²) in [5.41, 5.74) is 0. The lowest BCUT2D eigenvalue weighted by Crippen LogP contribution is -2.22. The Bertz CT molecular complexity index is 281. The smallest absolute Gasteiger partial charge is 0.330 e. The van der Waals surface area contributed by atoms with Gasteiger partial charge in [0.2, 0.25) is 0 Å². The zero-order chi connectivity index (χ0) is 16.6. The van der Waals surface area contributed by atoms with E-state index in [0.717, 1.165) is 6.08 Å². The van der Waals surface area contributed by atoms with Crippen LogP contribution in [-0.4, -0.2) is 76.1 Å². The van der Waals surface area contributed by atoms with E-state index in [1.54, 1.807) is 6.92 Å². The maximum Gasteiger partial charge on any atom is 0.330 e. The molecule has 22 heavy (non-hydrogen) atoms. The molecule has 0 aromatic heterocycles. The first-order chi connectivity index (χ1) is 10.6. The van der Waals surface area contributed by atoms with Crippen molar-refractivity contribution in [2.24, 2.45) is 0 Å². The third-order valence-corrected chi connectivity index (χ3v) is 2.36. The lowest BCUT2D eigenvalue weighted by atomic mass is 10.4. The second-order valence-corrected chi connectivity index (χ2v) is 4.66. The van der Waals surface area contributed by atoms with Crippen LogP contribution in [0.2, 0.25) is 0 Å². The first-order valence-corrected chi connectivity index (χ1v) is 7.38. The molecule has 2 atom stereocenters. The average Bonchev–Trinajstić information content (AvgIpc) is 2.50. The van der Waals surface area contributed by atoms with Crippen molar-refractivity contribution in [3.05, 3.63) is 12.7 Å². The Labute approximate surface area is 132 Å². The van der Waals surface area contributed by atoms with E-state index in [9.17, 15) is 4.79 Å². The first kappa shape index (κ1) is 21.0. The molecule has 0 aliphatic carbocycles. The van der Waals surface area contributed by atoms with E-state index in [0.29, 0.717) is 46.2 Å². The molecule has 0 radical (unpaired) electrons. The fraction of sp³-hybridized carbons (Fsp3) is 0.800. The van der Waals surface area contributed by atoms with Gasteiger partial charge in [-0.2, -0.15) is 0 Å². The summed E-state index contributed by atoms with van der Waals surface area (Å²) in [6, 6.07) is 0. The Balaban J connectivity index is 3.17. The van der Waals surface area contributed by atoms with E-state index < -0.39 is 12.1 Å². The molecular formula is C15H28O7. The summed E-state index contributed by atoms with van der Waals surface area (Å²) < 4.78 is 26.0. The standard InChI is InChI=1S/C15H28O7/c1-4-15(17)21-10-9-19-6-5-18-7-8-20-12-14(3)22-11-13(2)16/h4,13-14,16H,1,5-12H2,2-3H3. The van der Waals surface area contributed by atoms with Crippen LogP contribution in [0.5, 0.6) is 0 Å². The van der Waals surface area contributed by atoms with Crippen molar-refractivity contribution in [3.63, 3.8) is 0 Å². The molecule has 1 N–H and O–H groups in total. The number of ether oxygens (including phenoxy) is 5. The van der Waals surface area contributed by atoms with Crippen molar-refractivity contribution in [2.75, 3.05) is 52.9 Å². The Morgan fingerprint density at radius 1 is 1.00 bits per heavy atom. The van der Waals surface area contributed by atoms with Gasteiger partial charge in [0.05, 0.1) is 58.5 Å². The van der Waals surface area contributed by atoms with Crippen molar-refractivity contribution < 1.29 is 33.6 Å². The van der Waals surface area contributed by atoms with Crippen LogP contribution in [0.15, 0.2) is 12.7 Å². The molecule has 0 aromatic carbocycles. The van der Waals surface area contributed by atoms with Crippen molar-refractivity contribution in [3.8, 4) is 0 Å². The normalized spacial score (nSPS) is 13.6. The van der Waals surface area contributed by atoms with Crippen LogP contribution in [0, 0.1) is 0 Å². The molecular weight excluding hydrogens is 292 g/mol. The molecule has 0 aromatic rings. The molecule has 0 spiro atoms. The van der Waals surface area contributed by atoms with E-state index in [-0.39, 0.29) is 12.7 Å². The molecule has 7 heteroatoms. The van der Waals surface area contributed by atoms with E-state index in [2.05, 4.69) is 6.58 Å². The predicted molar refractivity (Wildman–Crippen MR) is 80.7 cm³/mol. The highest BCUT2D eigenvalue weighted by Gasteiger charge is 2.04. The minimum atomic E-state index is -0.467. The Hall–Kier alpha value is -0.990. The number of aliphatic hydroxyl groups excluding tert-OH is 1. The predicted octanol–water partition coefficient (Wildman–Crippen LogP) is 0.551. The Morgan fingerprint density at radius 2 is 1.55 bits per heavy atom. The second kappa shape index (κ2) is 14.9.